The fraction of sp³-hybridized carbons (Fsp3) is 0.357. The summed E-state index contributed by atoms with van der Waals surface area (Å²) in [6.07, 6.45) is 17.3. The zero-order valence-corrected chi connectivity index (χ0v) is 34.1. The number of fused-ring (bicyclic) bond motifs is 14. The summed E-state index contributed by atoms with van der Waals surface area (Å²) in [5.41, 5.74) is 18.5. The number of furan rings is 1. The second kappa shape index (κ2) is 10.3. The van der Waals surface area contributed by atoms with Crippen molar-refractivity contribution in [2.24, 2.45) is 35.5 Å². The molecule has 8 fully saturated rings. The SMILES string of the molecule is c1ccc2c3c4c(cc2c1)-n1c2c(cccc2c2oc5ccccc5c21)B4n1c2ccc(C45CC6CC(CC(C6)C4)C5)cc2c2cc(C45CC6CC(CC(C6)C4)C5)cc-3c21. The van der Waals surface area contributed by atoms with Crippen molar-refractivity contribution in [1.82, 2.24) is 9.05 Å². The van der Waals surface area contributed by atoms with Crippen LogP contribution >= 0.6 is 0 Å². The van der Waals surface area contributed by atoms with Crippen LogP contribution in [0.15, 0.2) is 108 Å². The summed E-state index contributed by atoms with van der Waals surface area (Å²) in [6, 6.07) is 41.2. The zero-order chi connectivity index (χ0) is 38.4. The van der Waals surface area contributed by atoms with E-state index in [9.17, 15) is 0 Å². The molecular formula is C56H47BN2O. The minimum atomic E-state index is 0.0596. The summed E-state index contributed by atoms with van der Waals surface area (Å²) < 4.78 is 12.3. The zero-order valence-electron chi connectivity index (χ0n) is 34.1. The second-order valence-corrected chi connectivity index (χ2v) is 22.1. The summed E-state index contributed by atoms with van der Waals surface area (Å²) >= 11 is 0. The summed E-state index contributed by atoms with van der Waals surface area (Å²) in [7, 11) is 0. The van der Waals surface area contributed by atoms with Crippen molar-refractivity contribution in [3.05, 3.63) is 114 Å². The molecule has 0 spiro atoms. The molecule has 290 valence electrons. The first kappa shape index (κ1) is 31.6. The van der Waals surface area contributed by atoms with Gasteiger partial charge in [-0.1, -0.05) is 54.6 Å². The molecule has 60 heavy (non-hydrogen) atoms. The van der Waals surface area contributed by atoms with Gasteiger partial charge in [-0.25, -0.2) is 0 Å². The van der Waals surface area contributed by atoms with Gasteiger partial charge in [0.15, 0.2) is 5.58 Å². The minimum Gasteiger partial charge on any atom is -0.454 e. The van der Waals surface area contributed by atoms with E-state index in [-0.39, 0.29) is 6.85 Å². The van der Waals surface area contributed by atoms with E-state index < -0.39 is 0 Å². The first-order chi connectivity index (χ1) is 29.6. The first-order valence-corrected chi connectivity index (χ1v) is 23.7. The monoisotopic (exact) mass is 774 g/mol. The molecule has 8 aliphatic carbocycles. The van der Waals surface area contributed by atoms with E-state index in [1.54, 1.807) is 11.1 Å². The molecule has 8 saturated carbocycles. The Morgan fingerprint density at radius 2 is 1.15 bits per heavy atom. The van der Waals surface area contributed by atoms with Crippen LogP contribution in [0.1, 0.15) is 88.2 Å². The Morgan fingerprint density at radius 1 is 0.517 bits per heavy atom. The van der Waals surface area contributed by atoms with Crippen molar-refractivity contribution < 1.29 is 4.42 Å². The van der Waals surface area contributed by atoms with Crippen molar-refractivity contribution in [2.45, 2.75) is 87.9 Å². The maximum absolute atomic E-state index is 6.84. The molecule has 10 aliphatic rings. The van der Waals surface area contributed by atoms with E-state index in [4.69, 9.17) is 4.42 Å². The number of rotatable bonds is 2. The van der Waals surface area contributed by atoms with Crippen LogP contribution < -0.4 is 10.9 Å². The lowest BCUT2D eigenvalue weighted by Crippen LogP contribution is -2.55. The molecule has 4 heteroatoms. The Balaban J connectivity index is 1.03. The predicted octanol–water partition coefficient (Wildman–Crippen LogP) is 12.7. The summed E-state index contributed by atoms with van der Waals surface area (Å²) in [4.78, 5) is 0. The Hall–Kier alpha value is -5.22. The first-order valence-electron chi connectivity index (χ1n) is 23.7. The number of para-hydroxylation sites is 2. The molecule has 5 heterocycles. The Labute approximate surface area is 349 Å². The fourth-order valence-electron chi connectivity index (χ4n) is 17.7. The van der Waals surface area contributed by atoms with Crippen LogP contribution in [0, 0.1) is 35.5 Å². The van der Waals surface area contributed by atoms with Gasteiger partial charge in [-0.15, -0.1) is 0 Å². The van der Waals surface area contributed by atoms with Gasteiger partial charge in [0, 0.05) is 43.8 Å². The highest BCUT2D eigenvalue weighted by atomic mass is 16.3. The smallest absolute Gasteiger partial charge is 0.333 e. The Morgan fingerprint density at radius 3 is 1.88 bits per heavy atom. The van der Waals surface area contributed by atoms with E-state index in [2.05, 4.69) is 112 Å². The number of hydrogen-bond donors (Lipinski definition) is 0. The Bertz CT molecular complexity index is 3410. The van der Waals surface area contributed by atoms with Crippen molar-refractivity contribution in [2.75, 3.05) is 0 Å². The van der Waals surface area contributed by atoms with Gasteiger partial charge >= 0.3 is 6.85 Å². The molecular weight excluding hydrogens is 727 g/mol. The summed E-state index contributed by atoms with van der Waals surface area (Å²) in [5.74, 6) is 5.51. The molecule has 8 bridgehead atoms. The van der Waals surface area contributed by atoms with Gasteiger partial charge in [0.25, 0.3) is 0 Å². The third-order valence-corrected chi connectivity index (χ3v) is 18.9. The standard InChI is InChI=1S/C56H47BN2O/c1-2-7-39-36(6-1)20-47-50-49(39)44-23-38(56-27-33-17-34(28-56)19-35(18-33)29-56)22-43-42-21-37(55-24-30-14-31(25-55)16-32(15-30)26-55)12-13-46(42)59(51(43)44)57(50)45-10-5-9-41-52(45)58(47)53-40-8-3-4-11-48(40)60-54(41)53/h1-13,20-23,30-35H,14-19,24-29H2. The molecule has 0 unspecified atom stereocenters. The van der Waals surface area contributed by atoms with Crippen molar-refractivity contribution in [1.29, 1.82) is 0 Å². The lowest BCUT2D eigenvalue weighted by atomic mass is 9.45. The quantitative estimate of drug-likeness (QED) is 0.160. The second-order valence-electron chi connectivity index (χ2n) is 22.1. The van der Waals surface area contributed by atoms with Crippen LogP contribution in [0.4, 0.5) is 0 Å². The molecule has 0 radical (unpaired) electrons. The average molecular weight is 775 g/mol. The van der Waals surface area contributed by atoms with Crippen LogP contribution in [0.3, 0.4) is 0 Å². The molecule has 0 saturated heterocycles. The maximum atomic E-state index is 6.84. The summed E-state index contributed by atoms with van der Waals surface area (Å²) in [5, 5.41) is 8.17. The third kappa shape index (κ3) is 3.62. The fourth-order valence-corrected chi connectivity index (χ4v) is 17.7. The highest BCUT2D eigenvalue weighted by Gasteiger charge is 2.54. The van der Waals surface area contributed by atoms with Gasteiger partial charge in [0.1, 0.15) is 11.1 Å². The number of hydrogen-bond acceptors (Lipinski definition) is 1. The van der Waals surface area contributed by atoms with Crippen LogP contribution in [0.25, 0.3) is 82.4 Å². The minimum absolute atomic E-state index is 0.0596. The van der Waals surface area contributed by atoms with Gasteiger partial charge in [0.05, 0.1) is 5.52 Å². The molecule has 0 N–H and O–H groups in total. The molecule has 6 aromatic carbocycles. The molecule has 0 atom stereocenters. The van der Waals surface area contributed by atoms with Crippen LogP contribution in [-0.4, -0.2) is 15.9 Å². The highest BCUT2D eigenvalue weighted by Crippen LogP contribution is 2.63. The number of benzene rings is 6. The molecule has 0 amide bonds. The van der Waals surface area contributed by atoms with Crippen LogP contribution in [0.2, 0.25) is 0 Å². The van der Waals surface area contributed by atoms with E-state index >= 15 is 0 Å². The maximum Gasteiger partial charge on any atom is 0.333 e. The van der Waals surface area contributed by atoms with Gasteiger partial charge in [0.2, 0.25) is 0 Å². The van der Waals surface area contributed by atoms with Crippen molar-refractivity contribution >= 4 is 83.3 Å². The van der Waals surface area contributed by atoms with Crippen molar-refractivity contribution in [3.63, 3.8) is 0 Å². The van der Waals surface area contributed by atoms with Gasteiger partial charge in [-0.2, -0.15) is 0 Å². The molecule has 9 aromatic rings. The van der Waals surface area contributed by atoms with E-state index in [1.165, 1.54) is 159 Å². The third-order valence-electron chi connectivity index (χ3n) is 18.9. The van der Waals surface area contributed by atoms with E-state index in [0.29, 0.717) is 10.8 Å². The largest absolute Gasteiger partial charge is 0.454 e. The molecule has 19 rings (SSSR count). The number of nitrogens with zero attached hydrogens (tertiary/aromatic N) is 2. The average Bonchev–Trinajstić information content (AvgIpc) is 3.90. The van der Waals surface area contributed by atoms with Gasteiger partial charge < -0.3 is 13.5 Å². The van der Waals surface area contributed by atoms with E-state index in [0.717, 1.165) is 46.7 Å². The Kier molecular flexibility index (Phi) is 5.42. The van der Waals surface area contributed by atoms with Gasteiger partial charge in [-0.05, 0) is 210 Å². The highest BCUT2D eigenvalue weighted by molar-refractivity contribution is 6.90. The normalized spacial score (nSPS) is 31.3. The lowest BCUT2D eigenvalue weighted by molar-refractivity contribution is -0.00527. The summed E-state index contributed by atoms with van der Waals surface area (Å²) in [6.45, 7) is 0.0596. The predicted molar refractivity (Wildman–Crippen MR) is 247 cm³/mol. The molecule has 3 aromatic heterocycles. The topological polar surface area (TPSA) is 23.0 Å². The lowest BCUT2D eigenvalue weighted by Gasteiger charge is -2.57. The van der Waals surface area contributed by atoms with E-state index in [1.807, 2.05) is 0 Å². The van der Waals surface area contributed by atoms with Crippen LogP contribution in [-0.2, 0) is 10.8 Å². The van der Waals surface area contributed by atoms with Gasteiger partial charge in [-0.3, -0.25) is 0 Å². The molecule has 2 aliphatic heterocycles. The van der Waals surface area contributed by atoms with Crippen LogP contribution in [0.5, 0.6) is 0 Å². The number of aromatic nitrogens is 2. The van der Waals surface area contributed by atoms with Crippen molar-refractivity contribution in [3.8, 4) is 16.8 Å². The molecule has 3 nitrogen and oxygen atoms in total.